The Labute approximate surface area is 183 Å². The molecule has 0 spiro atoms. The van der Waals surface area contributed by atoms with Crippen LogP contribution in [0.2, 0.25) is 0 Å². The van der Waals surface area contributed by atoms with Crippen LogP contribution in [0.3, 0.4) is 0 Å². The van der Waals surface area contributed by atoms with Crippen molar-refractivity contribution in [3.63, 3.8) is 0 Å². The van der Waals surface area contributed by atoms with E-state index < -0.39 is 0 Å². The average molecular weight is 423 g/mol. The molecule has 0 aliphatic heterocycles. The van der Waals surface area contributed by atoms with E-state index in [9.17, 15) is 0 Å². The summed E-state index contributed by atoms with van der Waals surface area (Å²) >= 11 is 5.92. The molecule has 0 radical (unpaired) electrons. The molecule has 29 heavy (non-hydrogen) atoms. The molecule has 3 rings (SSSR count). The Balaban J connectivity index is 1.87. The topological polar surface area (TPSA) is 0 Å². The Hall–Kier alpha value is -1.62. The average Bonchev–Trinajstić information content (AvgIpc) is 2.76. The van der Waals surface area contributed by atoms with Crippen molar-refractivity contribution < 1.29 is 0 Å². The van der Waals surface area contributed by atoms with Gasteiger partial charge >= 0.3 is 0 Å². The smallest absolute Gasteiger partial charge is 0.0176 e. The minimum absolute atomic E-state index is 0.229. The summed E-state index contributed by atoms with van der Waals surface area (Å²) in [5.41, 5.74) is 4.57. The third kappa shape index (κ3) is 7.61. The van der Waals surface area contributed by atoms with Gasteiger partial charge in [0.25, 0.3) is 0 Å². The van der Waals surface area contributed by atoms with Crippen molar-refractivity contribution in [3.05, 3.63) is 108 Å². The second-order valence-corrected chi connectivity index (χ2v) is 9.75. The number of halogens is 1. The lowest BCUT2D eigenvalue weighted by molar-refractivity contribution is 0.244. The van der Waals surface area contributed by atoms with E-state index in [4.69, 9.17) is 11.2 Å². The Morgan fingerprint density at radius 2 is 0.966 bits per heavy atom. The third-order valence-electron chi connectivity index (χ3n) is 5.74. The van der Waals surface area contributed by atoms with Gasteiger partial charge in [0.15, 0.2) is 0 Å². The lowest BCUT2D eigenvalue weighted by Gasteiger charge is -2.35. The summed E-state index contributed by atoms with van der Waals surface area (Å²) in [5, 5.41) is 0. The highest BCUT2D eigenvalue weighted by atomic mass is 35.7. The minimum Gasteiger partial charge on any atom is -0.100 e. The second kappa shape index (κ2) is 12.2. The second-order valence-electron chi connectivity index (χ2n) is 8.18. The Morgan fingerprint density at radius 3 is 1.34 bits per heavy atom. The fourth-order valence-corrected chi connectivity index (χ4v) is 5.19. The largest absolute Gasteiger partial charge is 0.100 e. The molecular formula is C27H32ClP. The van der Waals surface area contributed by atoms with Gasteiger partial charge in [-0.2, -0.15) is 0 Å². The van der Waals surface area contributed by atoms with Crippen molar-refractivity contribution in [2.75, 3.05) is 6.16 Å². The van der Waals surface area contributed by atoms with Crippen LogP contribution in [0.25, 0.3) is 0 Å². The van der Waals surface area contributed by atoms with E-state index in [2.05, 4.69) is 91.0 Å². The number of rotatable bonds is 12. The molecule has 0 nitrogen and oxygen atoms in total. The van der Waals surface area contributed by atoms with E-state index in [0.717, 1.165) is 25.4 Å². The summed E-state index contributed by atoms with van der Waals surface area (Å²) in [6, 6.07) is 33.1. The summed E-state index contributed by atoms with van der Waals surface area (Å²) in [7, 11) is 0.561. The quantitative estimate of drug-likeness (QED) is 0.204. The van der Waals surface area contributed by atoms with Crippen LogP contribution >= 0.6 is 19.2 Å². The Morgan fingerprint density at radius 1 is 0.552 bits per heavy atom. The number of hydrogen-bond acceptors (Lipinski definition) is 0. The van der Waals surface area contributed by atoms with E-state index in [1.54, 1.807) is 0 Å². The molecule has 0 aliphatic carbocycles. The van der Waals surface area contributed by atoms with E-state index in [0.29, 0.717) is 7.93 Å². The Bertz CT molecular complexity index is 700. The molecule has 0 amide bonds. The maximum Gasteiger partial charge on any atom is -0.0176 e. The molecule has 0 N–H and O–H groups in total. The summed E-state index contributed by atoms with van der Waals surface area (Å²) in [6.07, 6.45) is 9.56. The van der Waals surface area contributed by atoms with Crippen LogP contribution in [0.5, 0.6) is 0 Å². The number of benzene rings is 3. The Kier molecular flexibility index (Phi) is 9.26. The first-order valence-corrected chi connectivity index (χ1v) is 13.0. The van der Waals surface area contributed by atoms with Gasteiger partial charge in [0.05, 0.1) is 0 Å². The van der Waals surface area contributed by atoms with Gasteiger partial charge in [0.1, 0.15) is 0 Å². The van der Waals surface area contributed by atoms with Crippen molar-refractivity contribution in [1.29, 1.82) is 0 Å². The molecule has 0 fully saturated rings. The molecule has 0 heterocycles. The third-order valence-corrected chi connectivity index (χ3v) is 6.85. The molecule has 3 aromatic rings. The lowest BCUT2D eigenvalue weighted by Crippen LogP contribution is -2.30. The summed E-state index contributed by atoms with van der Waals surface area (Å²) in [5.74, 6) is 0. The molecular weight excluding hydrogens is 391 g/mol. The van der Waals surface area contributed by atoms with Gasteiger partial charge in [-0.1, -0.05) is 104 Å². The molecule has 1 unspecified atom stereocenters. The molecule has 1 atom stereocenters. The molecule has 0 saturated heterocycles. The maximum absolute atomic E-state index is 5.92. The van der Waals surface area contributed by atoms with Crippen molar-refractivity contribution >= 4 is 19.2 Å². The van der Waals surface area contributed by atoms with Crippen molar-refractivity contribution in [1.82, 2.24) is 0 Å². The maximum atomic E-state index is 5.92. The van der Waals surface area contributed by atoms with Crippen LogP contribution in [0.15, 0.2) is 91.0 Å². The predicted molar refractivity (Wildman–Crippen MR) is 130 cm³/mol. The first kappa shape index (κ1) is 22.1. The van der Waals surface area contributed by atoms with Gasteiger partial charge in [-0.15, -0.1) is 11.2 Å². The molecule has 152 valence electrons. The van der Waals surface area contributed by atoms with Gasteiger partial charge < -0.3 is 0 Å². The van der Waals surface area contributed by atoms with Gasteiger partial charge in [0, 0.05) is 0 Å². The SMILES string of the molecule is ClPCCCCCC(Cc1ccccc1)(Cc1ccccc1)Cc1ccccc1. The normalized spacial score (nSPS) is 11.9. The zero-order chi connectivity index (χ0) is 20.2. The molecule has 2 heteroatoms. The number of hydrogen-bond donors (Lipinski definition) is 0. The van der Waals surface area contributed by atoms with Gasteiger partial charge in [-0.3, -0.25) is 0 Å². The molecule has 0 saturated carbocycles. The first-order valence-electron chi connectivity index (χ1n) is 10.7. The van der Waals surface area contributed by atoms with E-state index >= 15 is 0 Å². The molecule has 0 aromatic heterocycles. The lowest BCUT2D eigenvalue weighted by atomic mass is 9.69. The van der Waals surface area contributed by atoms with E-state index in [1.807, 2.05) is 0 Å². The monoisotopic (exact) mass is 422 g/mol. The standard InChI is InChI=1S/C27H32ClP/c28-29-20-12-4-11-19-27(21-24-13-5-1-6-14-24,22-25-15-7-2-8-16-25)23-26-17-9-3-10-18-26/h1-3,5-10,13-18,29H,4,11-12,19-23H2. The van der Waals surface area contributed by atoms with Crippen LogP contribution < -0.4 is 0 Å². The summed E-state index contributed by atoms with van der Waals surface area (Å²) < 4.78 is 0. The van der Waals surface area contributed by atoms with Gasteiger partial charge in [0.2, 0.25) is 0 Å². The zero-order valence-corrected chi connectivity index (χ0v) is 19.0. The highest BCUT2D eigenvalue weighted by Gasteiger charge is 2.30. The fourth-order valence-electron chi connectivity index (χ4n) is 4.41. The van der Waals surface area contributed by atoms with Gasteiger partial charge in [-0.25, -0.2) is 0 Å². The van der Waals surface area contributed by atoms with Crippen LogP contribution in [0.1, 0.15) is 42.4 Å². The molecule has 0 aliphatic rings. The summed E-state index contributed by atoms with van der Waals surface area (Å²) in [6.45, 7) is 0. The predicted octanol–water partition coefficient (Wildman–Crippen LogP) is 8.09. The van der Waals surface area contributed by atoms with Crippen LogP contribution in [0.4, 0.5) is 0 Å². The van der Waals surface area contributed by atoms with Crippen LogP contribution in [-0.4, -0.2) is 6.16 Å². The molecule has 0 bridgehead atoms. The number of unbranched alkanes of at least 4 members (excludes halogenated alkanes) is 2. The van der Waals surface area contributed by atoms with Crippen molar-refractivity contribution in [2.24, 2.45) is 5.41 Å². The van der Waals surface area contributed by atoms with Crippen LogP contribution in [0, 0.1) is 5.41 Å². The summed E-state index contributed by atoms with van der Waals surface area (Å²) in [4.78, 5) is 0. The van der Waals surface area contributed by atoms with Crippen molar-refractivity contribution in [3.8, 4) is 0 Å². The highest BCUT2D eigenvalue weighted by molar-refractivity contribution is 7.68. The van der Waals surface area contributed by atoms with Crippen LogP contribution in [-0.2, 0) is 19.3 Å². The van der Waals surface area contributed by atoms with Crippen molar-refractivity contribution in [2.45, 2.75) is 44.9 Å². The zero-order valence-electron chi connectivity index (χ0n) is 17.2. The van der Waals surface area contributed by atoms with Gasteiger partial charge in [-0.05, 0) is 68.3 Å². The highest BCUT2D eigenvalue weighted by Crippen LogP contribution is 2.37. The van der Waals surface area contributed by atoms with E-state index in [-0.39, 0.29) is 5.41 Å². The minimum atomic E-state index is 0.229. The molecule has 3 aromatic carbocycles. The fraction of sp³-hybridized carbons (Fsp3) is 0.333. The van der Waals surface area contributed by atoms with E-state index in [1.165, 1.54) is 42.4 Å². The first-order chi connectivity index (χ1) is 14.3.